The molecule has 0 aliphatic carbocycles. The van der Waals surface area contributed by atoms with Crippen molar-refractivity contribution in [1.29, 1.82) is 0 Å². The lowest BCUT2D eigenvalue weighted by Gasteiger charge is -2.17. The van der Waals surface area contributed by atoms with Crippen LogP contribution in [0.15, 0.2) is 200 Å². The van der Waals surface area contributed by atoms with Crippen LogP contribution in [0.1, 0.15) is 5.56 Å². The van der Waals surface area contributed by atoms with E-state index in [1.807, 2.05) is 28.7 Å². The maximum atomic E-state index is 5.39. The first-order chi connectivity index (χ1) is 30.1. The lowest BCUT2D eigenvalue weighted by molar-refractivity contribution is 1.18. The van der Waals surface area contributed by atoms with Gasteiger partial charge in [-0.3, -0.25) is 0 Å². The Hall–Kier alpha value is -7.24. The van der Waals surface area contributed by atoms with E-state index >= 15 is 0 Å². The summed E-state index contributed by atoms with van der Waals surface area (Å²) in [5.41, 5.74) is 13.3. The first kappa shape index (κ1) is 35.7. The molecule has 3 heterocycles. The molecule has 286 valence electrons. The number of fused-ring (bicyclic) bond motifs is 8. The fourth-order valence-corrected chi connectivity index (χ4v) is 11.7. The number of nitrogens with zero attached hydrogens (tertiary/aromatic N) is 2. The summed E-state index contributed by atoms with van der Waals surface area (Å²) in [6, 6.07) is 72.3. The Kier molecular flexibility index (Phi) is 8.48. The molecule has 9 aromatic carbocycles. The minimum absolute atomic E-state index is 0.701. The van der Waals surface area contributed by atoms with Crippen LogP contribution in [0.2, 0.25) is 0 Å². The van der Waals surface area contributed by atoms with Gasteiger partial charge >= 0.3 is 0 Å². The van der Waals surface area contributed by atoms with Gasteiger partial charge in [-0.15, -0.1) is 22.7 Å². The van der Waals surface area contributed by atoms with Crippen LogP contribution in [0, 0.1) is 6.92 Å². The molecule has 0 bridgehead atoms. The smallest absolute Gasteiger partial charge is 0.160 e. The van der Waals surface area contributed by atoms with Crippen molar-refractivity contribution in [1.82, 2.24) is 9.97 Å². The summed E-state index contributed by atoms with van der Waals surface area (Å²) in [6.45, 7) is 2.30. The van der Waals surface area contributed by atoms with Gasteiger partial charge in [-0.25, -0.2) is 9.97 Å². The Morgan fingerprint density at radius 1 is 0.344 bits per heavy atom. The highest BCUT2D eigenvalue weighted by Gasteiger charge is 2.21. The summed E-state index contributed by atoms with van der Waals surface area (Å²) in [5.74, 6) is 0.701. The van der Waals surface area contributed by atoms with Crippen LogP contribution < -0.4 is 0 Å². The molecule has 12 aromatic rings. The first-order valence-electron chi connectivity index (χ1n) is 20.6. The monoisotopic (exact) mass is 812 g/mol. The standard InChI is InChI=1S/C57H36N2S2/c1-35-43-19-8-9-21-46(43)54-48-22-11-13-26-52(48)61-56(54)53(35)42-32-40(44-23-14-24-47-45-20-10-12-25-51(45)60-55(44)47)31-41(33-42)50-34-49(58-57(59-50)39-17-6-3-7-18-39)38-29-27-37(28-30-38)36-15-4-2-5-16-36/h2-34H,1H3. The second-order valence-electron chi connectivity index (χ2n) is 15.7. The highest BCUT2D eigenvalue weighted by atomic mass is 32.1. The molecule has 0 saturated carbocycles. The molecule has 0 aliphatic heterocycles. The molecule has 0 unspecified atom stereocenters. The van der Waals surface area contributed by atoms with E-state index in [0.29, 0.717) is 5.82 Å². The SMILES string of the molecule is Cc1c(-c2cc(-c3cc(-c4ccc(-c5ccccc5)cc4)nc(-c4ccccc4)n3)cc(-c3cccc4c3sc3ccccc34)c2)c2sc3ccccc3c2c2ccccc12. The molecule has 0 radical (unpaired) electrons. The molecule has 0 N–H and O–H groups in total. The van der Waals surface area contributed by atoms with Crippen molar-refractivity contribution in [3.63, 3.8) is 0 Å². The van der Waals surface area contributed by atoms with Gasteiger partial charge in [0, 0.05) is 62.6 Å². The minimum Gasteiger partial charge on any atom is -0.228 e. The van der Waals surface area contributed by atoms with Crippen molar-refractivity contribution < 1.29 is 0 Å². The van der Waals surface area contributed by atoms with E-state index in [2.05, 4.69) is 201 Å². The molecular formula is C57H36N2S2. The van der Waals surface area contributed by atoms with Gasteiger partial charge in [0.25, 0.3) is 0 Å². The normalized spacial score (nSPS) is 11.7. The Morgan fingerprint density at radius 3 is 1.62 bits per heavy atom. The summed E-state index contributed by atoms with van der Waals surface area (Å²) >= 11 is 3.77. The Labute approximate surface area is 361 Å². The van der Waals surface area contributed by atoms with E-state index in [4.69, 9.17) is 9.97 Å². The van der Waals surface area contributed by atoms with Crippen LogP contribution >= 0.6 is 22.7 Å². The zero-order valence-electron chi connectivity index (χ0n) is 33.3. The van der Waals surface area contributed by atoms with Crippen LogP contribution in [0.5, 0.6) is 0 Å². The fraction of sp³-hybridized carbons (Fsp3) is 0.0175. The summed E-state index contributed by atoms with van der Waals surface area (Å²) < 4.78 is 5.20. The number of benzene rings is 9. The van der Waals surface area contributed by atoms with E-state index in [9.17, 15) is 0 Å². The molecule has 0 spiro atoms. The quantitative estimate of drug-likeness (QED) is 0.167. The number of rotatable bonds is 6. The highest BCUT2D eigenvalue weighted by Crippen LogP contribution is 2.48. The zero-order valence-corrected chi connectivity index (χ0v) is 34.9. The molecular weight excluding hydrogens is 777 g/mol. The summed E-state index contributed by atoms with van der Waals surface area (Å²) in [4.78, 5) is 10.6. The molecule has 0 amide bonds. The summed E-state index contributed by atoms with van der Waals surface area (Å²) in [6.07, 6.45) is 0. The Balaban J connectivity index is 1.14. The van der Waals surface area contributed by atoms with Crippen molar-refractivity contribution in [3.05, 3.63) is 206 Å². The number of aromatic nitrogens is 2. The van der Waals surface area contributed by atoms with Crippen LogP contribution in [0.3, 0.4) is 0 Å². The van der Waals surface area contributed by atoms with Gasteiger partial charge in [-0.05, 0) is 87.5 Å². The van der Waals surface area contributed by atoms with Gasteiger partial charge in [0.15, 0.2) is 5.82 Å². The lowest BCUT2D eigenvalue weighted by Crippen LogP contribution is -1.97. The molecule has 2 nitrogen and oxygen atoms in total. The predicted molar refractivity (Wildman–Crippen MR) is 263 cm³/mol. The minimum atomic E-state index is 0.701. The number of hydrogen-bond acceptors (Lipinski definition) is 4. The van der Waals surface area contributed by atoms with Crippen LogP contribution in [-0.4, -0.2) is 9.97 Å². The maximum absolute atomic E-state index is 5.39. The average molecular weight is 813 g/mol. The molecule has 4 heteroatoms. The predicted octanol–water partition coefficient (Wildman–Crippen LogP) is 16.7. The van der Waals surface area contributed by atoms with Crippen LogP contribution in [0.4, 0.5) is 0 Å². The molecule has 0 aliphatic rings. The molecule has 0 fully saturated rings. The van der Waals surface area contributed by atoms with Crippen LogP contribution in [0.25, 0.3) is 118 Å². The molecule has 12 rings (SSSR count). The van der Waals surface area contributed by atoms with E-state index in [1.165, 1.54) is 90.1 Å². The van der Waals surface area contributed by atoms with E-state index in [0.717, 1.165) is 28.1 Å². The average Bonchev–Trinajstić information content (AvgIpc) is 3.91. The van der Waals surface area contributed by atoms with Crippen molar-refractivity contribution in [2.45, 2.75) is 6.92 Å². The number of thiophene rings is 2. The van der Waals surface area contributed by atoms with Crippen LogP contribution in [-0.2, 0) is 0 Å². The second-order valence-corrected chi connectivity index (χ2v) is 17.8. The largest absolute Gasteiger partial charge is 0.228 e. The first-order valence-corrected chi connectivity index (χ1v) is 22.3. The maximum Gasteiger partial charge on any atom is 0.160 e. The third kappa shape index (κ3) is 6.06. The van der Waals surface area contributed by atoms with Gasteiger partial charge < -0.3 is 0 Å². The lowest BCUT2D eigenvalue weighted by atomic mass is 9.88. The molecule has 0 saturated heterocycles. The van der Waals surface area contributed by atoms with Gasteiger partial charge in [0.2, 0.25) is 0 Å². The van der Waals surface area contributed by atoms with Gasteiger partial charge in [-0.2, -0.15) is 0 Å². The fourth-order valence-electron chi connectivity index (χ4n) is 9.14. The zero-order chi connectivity index (χ0) is 40.4. The van der Waals surface area contributed by atoms with E-state index < -0.39 is 0 Å². The van der Waals surface area contributed by atoms with Crippen molar-refractivity contribution in [2.75, 3.05) is 0 Å². The second kappa shape index (κ2) is 14.5. The third-order valence-corrected chi connectivity index (χ3v) is 14.5. The van der Waals surface area contributed by atoms with Crippen molar-refractivity contribution in [2.24, 2.45) is 0 Å². The van der Waals surface area contributed by atoms with Gasteiger partial charge in [-0.1, -0.05) is 164 Å². The number of aryl methyl sites for hydroxylation is 1. The molecule has 3 aromatic heterocycles. The van der Waals surface area contributed by atoms with Gasteiger partial charge in [0.05, 0.1) is 11.4 Å². The Morgan fingerprint density at radius 2 is 0.869 bits per heavy atom. The topological polar surface area (TPSA) is 25.8 Å². The van der Waals surface area contributed by atoms with E-state index in [-0.39, 0.29) is 0 Å². The third-order valence-electron chi connectivity index (χ3n) is 12.1. The Bertz CT molecular complexity index is 3640. The molecule has 0 atom stereocenters. The highest BCUT2D eigenvalue weighted by molar-refractivity contribution is 7.27. The summed E-state index contributed by atoms with van der Waals surface area (Å²) in [5, 5.41) is 7.79. The van der Waals surface area contributed by atoms with Crippen molar-refractivity contribution in [3.8, 4) is 67.3 Å². The molecule has 61 heavy (non-hydrogen) atoms. The van der Waals surface area contributed by atoms with Gasteiger partial charge in [0.1, 0.15) is 0 Å². The van der Waals surface area contributed by atoms with Crippen molar-refractivity contribution >= 4 is 73.8 Å². The summed E-state index contributed by atoms with van der Waals surface area (Å²) in [7, 11) is 0. The number of hydrogen-bond donors (Lipinski definition) is 0. The van der Waals surface area contributed by atoms with E-state index in [1.54, 1.807) is 0 Å².